The standard InChI is InChI=1S/C14H24N2O4/c1-2-6-15-11-9-20-8-10(11)13(19)16-14(4-3-5-14)7-12(17)18/h10-11,15H,2-9H2,1H3,(H,16,19)(H,17,18). The summed E-state index contributed by atoms with van der Waals surface area (Å²) >= 11 is 0. The van der Waals surface area contributed by atoms with E-state index < -0.39 is 11.5 Å². The highest BCUT2D eigenvalue weighted by molar-refractivity contribution is 5.82. The smallest absolute Gasteiger partial charge is 0.305 e. The van der Waals surface area contributed by atoms with Gasteiger partial charge in [-0.3, -0.25) is 9.59 Å². The predicted molar refractivity (Wildman–Crippen MR) is 73.4 cm³/mol. The Morgan fingerprint density at radius 1 is 1.35 bits per heavy atom. The second kappa shape index (κ2) is 6.54. The van der Waals surface area contributed by atoms with E-state index in [0.29, 0.717) is 13.2 Å². The van der Waals surface area contributed by atoms with Gasteiger partial charge in [-0.15, -0.1) is 0 Å². The molecule has 1 aliphatic heterocycles. The van der Waals surface area contributed by atoms with Crippen molar-refractivity contribution >= 4 is 11.9 Å². The fraction of sp³-hybridized carbons (Fsp3) is 0.857. The summed E-state index contributed by atoms with van der Waals surface area (Å²) in [7, 11) is 0. The molecule has 0 aromatic carbocycles. The van der Waals surface area contributed by atoms with Crippen LogP contribution in [0.1, 0.15) is 39.0 Å². The lowest BCUT2D eigenvalue weighted by atomic mass is 9.74. The van der Waals surface area contributed by atoms with Gasteiger partial charge in [0.2, 0.25) is 5.91 Å². The molecule has 1 aliphatic carbocycles. The number of amides is 1. The zero-order valence-electron chi connectivity index (χ0n) is 12.0. The Labute approximate surface area is 119 Å². The van der Waals surface area contributed by atoms with Gasteiger partial charge < -0.3 is 20.5 Å². The summed E-state index contributed by atoms with van der Waals surface area (Å²) in [6, 6.07) is 0.0388. The lowest BCUT2D eigenvalue weighted by Gasteiger charge is -2.42. The molecule has 2 rings (SSSR count). The Hall–Kier alpha value is -1.14. The molecule has 1 amide bonds. The summed E-state index contributed by atoms with van der Waals surface area (Å²) in [4.78, 5) is 23.3. The second-order valence-electron chi connectivity index (χ2n) is 5.90. The maximum absolute atomic E-state index is 12.4. The monoisotopic (exact) mass is 284 g/mol. The molecule has 2 fully saturated rings. The SMILES string of the molecule is CCCNC1COCC1C(=O)NC1(CC(=O)O)CCC1. The molecule has 3 N–H and O–H groups in total. The van der Waals surface area contributed by atoms with Crippen molar-refractivity contribution in [2.24, 2.45) is 5.92 Å². The number of carbonyl (C=O) groups excluding carboxylic acids is 1. The van der Waals surface area contributed by atoms with Crippen molar-refractivity contribution in [3.63, 3.8) is 0 Å². The minimum Gasteiger partial charge on any atom is -0.481 e. The summed E-state index contributed by atoms with van der Waals surface area (Å²) in [5.74, 6) is -1.14. The Balaban J connectivity index is 1.91. The fourth-order valence-electron chi connectivity index (χ4n) is 2.94. The predicted octanol–water partition coefficient (Wildman–Crippen LogP) is 0.515. The summed E-state index contributed by atoms with van der Waals surface area (Å²) in [6.45, 7) is 3.90. The van der Waals surface area contributed by atoms with Crippen molar-refractivity contribution in [3.8, 4) is 0 Å². The van der Waals surface area contributed by atoms with Gasteiger partial charge in [0.05, 0.1) is 31.1 Å². The number of hydrogen-bond donors (Lipinski definition) is 3. The maximum atomic E-state index is 12.4. The van der Waals surface area contributed by atoms with Crippen LogP contribution < -0.4 is 10.6 Å². The Bertz CT molecular complexity index is 368. The molecule has 1 saturated heterocycles. The highest BCUT2D eigenvalue weighted by atomic mass is 16.5. The molecule has 1 heterocycles. The van der Waals surface area contributed by atoms with E-state index >= 15 is 0 Å². The van der Waals surface area contributed by atoms with Crippen LogP contribution in [0.15, 0.2) is 0 Å². The van der Waals surface area contributed by atoms with Crippen molar-refractivity contribution < 1.29 is 19.4 Å². The number of carboxylic acids is 1. The number of nitrogens with one attached hydrogen (secondary N) is 2. The Kier molecular flexibility index (Phi) is 4.99. The summed E-state index contributed by atoms with van der Waals surface area (Å²) in [6.07, 6.45) is 3.51. The van der Waals surface area contributed by atoms with Crippen molar-refractivity contribution in [3.05, 3.63) is 0 Å². The van der Waals surface area contributed by atoms with Crippen molar-refractivity contribution in [1.29, 1.82) is 0 Å². The van der Waals surface area contributed by atoms with Crippen LogP contribution in [0, 0.1) is 5.92 Å². The number of ether oxygens (including phenoxy) is 1. The second-order valence-corrected chi connectivity index (χ2v) is 5.90. The molecule has 0 aromatic rings. The zero-order chi connectivity index (χ0) is 14.6. The molecule has 20 heavy (non-hydrogen) atoms. The summed E-state index contributed by atoms with van der Waals surface area (Å²) in [5, 5.41) is 15.3. The topological polar surface area (TPSA) is 87.7 Å². The van der Waals surface area contributed by atoms with Crippen LogP contribution in [0.25, 0.3) is 0 Å². The van der Waals surface area contributed by atoms with Gasteiger partial charge in [-0.05, 0) is 32.2 Å². The third kappa shape index (κ3) is 3.49. The molecular weight excluding hydrogens is 260 g/mol. The first-order valence-electron chi connectivity index (χ1n) is 7.41. The molecule has 114 valence electrons. The van der Waals surface area contributed by atoms with Crippen LogP contribution in [0.4, 0.5) is 0 Å². The molecule has 2 aliphatic rings. The number of carboxylic acid groups (broad SMARTS) is 1. The van der Waals surface area contributed by atoms with Gasteiger partial charge in [0.25, 0.3) is 0 Å². The van der Waals surface area contributed by atoms with Gasteiger partial charge in [0.1, 0.15) is 0 Å². The van der Waals surface area contributed by atoms with Gasteiger partial charge in [-0.25, -0.2) is 0 Å². The molecule has 1 saturated carbocycles. The molecule has 0 aromatic heterocycles. The molecule has 0 radical (unpaired) electrons. The van der Waals surface area contributed by atoms with Crippen LogP contribution in [0.3, 0.4) is 0 Å². The highest BCUT2D eigenvalue weighted by Gasteiger charge is 2.43. The molecule has 2 unspecified atom stereocenters. The molecule has 0 spiro atoms. The van der Waals surface area contributed by atoms with E-state index in [2.05, 4.69) is 17.6 Å². The van der Waals surface area contributed by atoms with Gasteiger partial charge in [-0.1, -0.05) is 6.92 Å². The van der Waals surface area contributed by atoms with Crippen molar-refractivity contribution in [1.82, 2.24) is 10.6 Å². The number of hydrogen-bond acceptors (Lipinski definition) is 4. The van der Waals surface area contributed by atoms with Gasteiger partial charge in [0.15, 0.2) is 0 Å². The average Bonchev–Trinajstić information content (AvgIpc) is 2.81. The molecule has 6 heteroatoms. The lowest BCUT2D eigenvalue weighted by Crippen LogP contribution is -2.58. The van der Waals surface area contributed by atoms with E-state index in [1.54, 1.807) is 0 Å². The van der Waals surface area contributed by atoms with E-state index in [9.17, 15) is 9.59 Å². The molecular formula is C14H24N2O4. The van der Waals surface area contributed by atoms with E-state index in [1.807, 2.05) is 0 Å². The van der Waals surface area contributed by atoms with E-state index in [-0.39, 0.29) is 24.3 Å². The minimum atomic E-state index is -0.853. The maximum Gasteiger partial charge on any atom is 0.305 e. The number of aliphatic carboxylic acids is 1. The first-order valence-corrected chi connectivity index (χ1v) is 7.41. The van der Waals surface area contributed by atoms with E-state index in [4.69, 9.17) is 9.84 Å². The first kappa shape index (κ1) is 15.3. The van der Waals surface area contributed by atoms with Crippen LogP contribution in [-0.4, -0.2) is 48.3 Å². The van der Waals surface area contributed by atoms with Gasteiger partial charge >= 0.3 is 5.97 Å². The van der Waals surface area contributed by atoms with E-state index in [1.165, 1.54) is 0 Å². The van der Waals surface area contributed by atoms with Gasteiger partial charge in [-0.2, -0.15) is 0 Å². The van der Waals surface area contributed by atoms with Crippen molar-refractivity contribution in [2.75, 3.05) is 19.8 Å². The number of rotatable bonds is 7. The quantitative estimate of drug-likeness (QED) is 0.634. The zero-order valence-corrected chi connectivity index (χ0v) is 12.0. The summed E-state index contributed by atoms with van der Waals surface area (Å²) < 4.78 is 5.40. The van der Waals surface area contributed by atoms with Crippen LogP contribution >= 0.6 is 0 Å². The lowest BCUT2D eigenvalue weighted by molar-refractivity contribution is -0.140. The average molecular weight is 284 g/mol. The highest BCUT2D eigenvalue weighted by Crippen LogP contribution is 2.35. The Morgan fingerprint density at radius 2 is 2.10 bits per heavy atom. The van der Waals surface area contributed by atoms with Crippen LogP contribution in [0.5, 0.6) is 0 Å². The van der Waals surface area contributed by atoms with Crippen molar-refractivity contribution in [2.45, 2.75) is 50.6 Å². The van der Waals surface area contributed by atoms with Gasteiger partial charge in [0, 0.05) is 6.04 Å². The first-order chi connectivity index (χ1) is 9.56. The van der Waals surface area contributed by atoms with Crippen LogP contribution in [0.2, 0.25) is 0 Å². The fourth-order valence-corrected chi connectivity index (χ4v) is 2.94. The number of carbonyl (C=O) groups is 2. The molecule has 2 atom stereocenters. The molecule has 0 bridgehead atoms. The Morgan fingerprint density at radius 3 is 2.65 bits per heavy atom. The summed E-state index contributed by atoms with van der Waals surface area (Å²) in [5.41, 5.74) is -0.527. The normalized spacial score (nSPS) is 27.9. The largest absolute Gasteiger partial charge is 0.481 e. The van der Waals surface area contributed by atoms with Crippen LogP contribution in [-0.2, 0) is 14.3 Å². The third-order valence-electron chi connectivity index (χ3n) is 4.26. The molecule has 6 nitrogen and oxygen atoms in total. The van der Waals surface area contributed by atoms with E-state index in [0.717, 1.165) is 32.2 Å². The minimum absolute atomic E-state index is 0.0133. The third-order valence-corrected chi connectivity index (χ3v) is 4.26.